The van der Waals surface area contributed by atoms with Gasteiger partial charge < -0.3 is 10.1 Å². The molecule has 0 spiro atoms. The second kappa shape index (κ2) is 9.23. The number of rotatable bonds is 7. The molecule has 1 N–H and O–H groups in total. The molecule has 3 rings (SSSR count). The van der Waals surface area contributed by atoms with Crippen LogP contribution in [0.1, 0.15) is 5.56 Å². The van der Waals surface area contributed by atoms with Crippen LogP contribution in [0, 0.1) is 0 Å². The summed E-state index contributed by atoms with van der Waals surface area (Å²) < 4.78 is 6.45. The molecule has 0 atom stereocenters. The first-order chi connectivity index (χ1) is 13.6. The van der Waals surface area contributed by atoms with E-state index in [4.69, 9.17) is 4.74 Å². The zero-order chi connectivity index (χ0) is 19.9. The molecular weight excluding hydrogens is 374 g/mol. The highest BCUT2D eigenvalue weighted by Gasteiger charge is 2.09. The van der Waals surface area contributed by atoms with E-state index in [2.05, 4.69) is 10.4 Å². The van der Waals surface area contributed by atoms with Crippen molar-refractivity contribution in [3.8, 4) is 17.0 Å². The fourth-order valence-corrected chi connectivity index (χ4v) is 3.12. The normalized spacial score (nSPS) is 10.5. The van der Waals surface area contributed by atoms with E-state index >= 15 is 0 Å². The fourth-order valence-electron chi connectivity index (χ4n) is 2.71. The molecule has 1 amide bonds. The molecule has 144 valence electrons. The highest BCUT2D eigenvalue weighted by molar-refractivity contribution is 7.98. The van der Waals surface area contributed by atoms with Crippen molar-refractivity contribution < 1.29 is 9.53 Å². The van der Waals surface area contributed by atoms with Gasteiger partial charge in [-0.1, -0.05) is 30.3 Å². The zero-order valence-electron chi connectivity index (χ0n) is 15.7. The van der Waals surface area contributed by atoms with Crippen LogP contribution in [0.5, 0.6) is 5.75 Å². The Balaban J connectivity index is 1.70. The number of nitrogens with one attached hydrogen (secondary N) is 1. The Bertz CT molecular complexity index is 1020. The molecule has 6 nitrogen and oxygen atoms in total. The van der Waals surface area contributed by atoms with Gasteiger partial charge in [0.2, 0.25) is 5.91 Å². The predicted octanol–water partition coefficient (Wildman–Crippen LogP) is 2.96. The molecular formula is C21H21N3O3S. The van der Waals surface area contributed by atoms with Crippen LogP contribution in [0.4, 0.5) is 0 Å². The van der Waals surface area contributed by atoms with E-state index in [1.807, 2.05) is 54.8 Å². The van der Waals surface area contributed by atoms with E-state index < -0.39 is 0 Å². The summed E-state index contributed by atoms with van der Waals surface area (Å²) in [6.07, 6.45) is 2.01. The Hall–Kier alpha value is -3.06. The number of thioether (sulfide) groups is 1. The standard InChI is InChI=1S/C21H21N3O3S/c1-27-19-6-4-3-5-16(19)13-22-20(25)14-24-21(26)12-11-18(23-24)15-7-9-17(28-2)10-8-15/h3-12H,13-14H2,1-2H3,(H,22,25). The molecule has 0 bridgehead atoms. The van der Waals surface area contributed by atoms with Crippen LogP contribution in [0.15, 0.2) is 70.4 Å². The van der Waals surface area contributed by atoms with E-state index in [0.717, 1.165) is 16.0 Å². The summed E-state index contributed by atoms with van der Waals surface area (Å²) in [7, 11) is 1.58. The van der Waals surface area contributed by atoms with Crippen molar-refractivity contribution in [2.75, 3.05) is 13.4 Å². The number of nitrogens with zero attached hydrogens (tertiary/aromatic N) is 2. The van der Waals surface area contributed by atoms with Crippen LogP contribution in [0.25, 0.3) is 11.3 Å². The smallest absolute Gasteiger partial charge is 0.267 e. The van der Waals surface area contributed by atoms with Gasteiger partial charge in [0.05, 0.1) is 12.8 Å². The largest absolute Gasteiger partial charge is 0.496 e. The Kier molecular flexibility index (Phi) is 6.49. The van der Waals surface area contributed by atoms with Crippen molar-refractivity contribution in [1.82, 2.24) is 15.1 Å². The first-order valence-electron chi connectivity index (χ1n) is 8.72. The van der Waals surface area contributed by atoms with E-state index in [-0.39, 0.29) is 18.0 Å². The van der Waals surface area contributed by atoms with Crippen molar-refractivity contribution >= 4 is 17.7 Å². The summed E-state index contributed by atoms with van der Waals surface area (Å²) in [5.41, 5.74) is 2.07. The van der Waals surface area contributed by atoms with Crippen LogP contribution in [0.2, 0.25) is 0 Å². The summed E-state index contributed by atoms with van der Waals surface area (Å²) >= 11 is 1.66. The maximum absolute atomic E-state index is 12.3. The number of benzene rings is 2. The number of aromatic nitrogens is 2. The highest BCUT2D eigenvalue weighted by Crippen LogP contribution is 2.20. The van der Waals surface area contributed by atoms with Crippen LogP contribution in [-0.2, 0) is 17.9 Å². The minimum absolute atomic E-state index is 0.148. The third kappa shape index (κ3) is 4.80. The molecule has 0 saturated heterocycles. The molecule has 0 aliphatic carbocycles. The van der Waals surface area contributed by atoms with Gasteiger partial charge in [0, 0.05) is 28.6 Å². The van der Waals surface area contributed by atoms with Crippen molar-refractivity contribution in [1.29, 1.82) is 0 Å². The van der Waals surface area contributed by atoms with Crippen LogP contribution in [0.3, 0.4) is 0 Å². The van der Waals surface area contributed by atoms with Crippen LogP contribution in [-0.4, -0.2) is 29.1 Å². The van der Waals surface area contributed by atoms with Crippen LogP contribution >= 0.6 is 11.8 Å². The Morgan fingerprint density at radius 2 is 1.86 bits per heavy atom. The maximum Gasteiger partial charge on any atom is 0.267 e. The molecule has 0 aliphatic heterocycles. The lowest BCUT2D eigenvalue weighted by Crippen LogP contribution is -2.33. The van der Waals surface area contributed by atoms with Crippen molar-refractivity contribution in [3.05, 3.63) is 76.6 Å². The number of methoxy groups -OCH3 is 1. The number of amides is 1. The van der Waals surface area contributed by atoms with Gasteiger partial charge in [-0.25, -0.2) is 4.68 Å². The molecule has 1 aromatic heterocycles. The second-order valence-corrected chi connectivity index (χ2v) is 6.91. The SMILES string of the molecule is COc1ccccc1CNC(=O)Cn1nc(-c2ccc(SC)cc2)ccc1=O. The summed E-state index contributed by atoms with van der Waals surface area (Å²) in [5, 5.41) is 7.14. The first-order valence-corrected chi connectivity index (χ1v) is 9.94. The maximum atomic E-state index is 12.3. The van der Waals surface area contributed by atoms with E-state index in [0.29, 0.717) is 18.0 Å². The summed E-state index contributed by atoms with van der Waals surface area (Å²) in [6.45, 7) is 0.165. The number of carbonyl (C=O) groups is 1. The van der Waals surface area contributed by atoms with Gasteiger partial charge in [0.15, 0.2) is 0 Å². The fraction of sp³-hybridized carbons (Fsp3) is 0.190. The Morgan fingerprint density at radius 1 is 1.11 bits per heavy atom. The molecule has 0 fully saturated rings. The molecule has 3 aromatic rings. The highest BCUT2D eigenvalue weighted by atomic mass is 32.2. The molecule has 0 unspecified atom stereocenters. The minimum atomic E-state index is -0.322. The molecule has 0 aliphatic rings. The average Bonchev–Trinajstić information content (AvgIpc) is 2.74. The van der Waals surface area contributed by atoms with Crippen molar-refractivity contribution in [2.45, 2.75) is 18.0 Å². The monoisotopic (exact) mass is 395 g/mol. The Morgan fingerprint density at radius 3 is 2.57 bits per heavy atom. The third-order valence-corrected chi connectivity index (χ3v) is 4.96. The number of carbonyl (C=O) groups excluding carboxylic acids is 1. The summed E-state index contributed by atoms with van der Waals surface area (Å²) in [4.78, 5) is 25.6. The molecule has 28 heavy (non-hydrogen) atoms. The first kappa shape index (κ1) is 19.7. The second-order valence-electron chi connectivity index (χ2n) is 6.03. The summed E-state index contributed by atoms with van der Waals surface area (Å²) in [5.74, 6) is 0.407. The molecule has 0 saturated carbocycles. The molecule has 1 heterocycles. The van der Waals surface area contributed by atoms with Crippen LogP contribution < -0.4 is 15.6 Å². The van der Waals surface area contributed by atoms with E-state index in [1.165, 1.54) is 10.7 Å². The van der Waals surface area contributed by atoms with E-state index in [9.17, 15) is 9.59 Å². The van der Waals surface area contributed by atoms with Crippen molar-refractivity contribution in [2.24, 2.45) is 0 Å². The van der Waals surface area contributed by atoms with Gasteiger partial charge in [-0.15, -0.1) is 11.8 Å². The number of hydrogen-bond donors (Lipinski definition) is 1. The third-order valence-electron chi connectivity index (χ3n) is 4.21. The lowest BCUT2D eigenvalue weighted by atomic mass is 10.1. The molecule has 7 heteroatoms. The average molecular weight is 395 g/mol. The lowest BCUT2D eigenvalue weighted by Gasteiger charge is -2.10. The number of ether oxygens (including phenoxy) is 1. The molecule has 0 radical (unpaired) electrons. The summed E-state index contributed by atoms with van der Waals surface area (Å²) in [6, 6.07) is 18.4. The number of hydrogen-bond acceptors (Lipinski definition) is 5. The van der Waals surface area contributed by atoms with Gasteiger partial charge in [-0.05, 0) is 30.5 Å². The van der Waals surface area contributed by atoms with Gasteiger partial charge in [0.25, 0.3) is 5.56 Å². The van der Waals surface area contributed by atoms with Gasteiger partial charge in [-0.2, -0.15) is 5.10 Å². The topological polar surface area (TPSA) is 73.2 Å². The Labute approximate surface area is 167 Å². The number of para-hydroxylation sites is 1. The van der Waals surface area contributed by atoms with E-state index in [1.54, 1.807) is 24.9 Å². The molecule has 2 aromatic carbocycles. The lowest BCUT2D eigenvalue weighted by molar-refractivity contribution is -0.122. The van der Waals surface area contributed by atoms with Gasteiger partial charge >= 0.3 is 0 Å². The quantitative estimate of drug-likeness (QED) is 0.623. The zero-order valence-corrected chi connectivity index (χ0v) is 16.5. The predicted molar refractivity (Wildman–Crippen MR) is 111 cm³/mol. The van der Waals surface area contributed by atoms with Gasteiger partial charge in [0.1, 0.15) is 12.3 Å². The minimum Gasteiger partial charge on any atom is -0.496 e. The van der Waals surface area contributed by atoms with Crippen molar-refractivity contribution in [3.63, 3.8) is 0 Å². The van der Waals surface area contributed by atoms with Gasteiger partial charge in [-0.3, -0.25) is 9.59 Å².